The predicted octanol–water partition coefficient (Wildman–Crippen LogP) is 5.50. The lowest BCUT2D eigenvalue weighted by atomic mass is 9.53. The first-order chi connectivity index (χ1) is 16.2. The number of benzene rings is 2. The van der Waals surface area contributed by atoms with Crippen LogP contribution in [0.15, 0.2) is 48.5 Å². The van der Waals surface area contributed by atoms with Crippen LogP contribution in [-0.4, -0.2) is 30.9 Å². The van der Waals surface area contributed by atoms with Gasteiger partial charge in [0.2, 0.25) is 0 Å². The third-order valence-electron chi connectivity index (χ3n) is 10.7. The minimum atomic E-state index is -4.64. The molecular formula is C27H25F3O3S. The molecule has 10 atom stereocenters. The zero-order valence-corrected chi connectivity index (χ0v) is 19.4. The molecule has 2 aliphatic heterocycles. The lowest BCUT2D eigenvalue weighted by Gasteiger charge is -2.51. The van der Waals surface area contributed by atoms with Gasteiger partial charge in [-0.3, -0.25) is 0 Å². The van der Waals surface area contributed by atoms with E-state index in [1.807, 2.05) is 48.5 Å². The summed E-state index contributed by atoms with van der Waals surface area (Å²) < 4.78 is 80.7. The molecule has 2 aromatic rings. The van der Waals surface area contributed by atoms with Crippen molar-refractivity contribution in [2.45, 2.75) is 60.1 Å². The van der Waals surface area contributed by atoms with Gasteiger partial charge in [0, 0.05) is 23.7 Å². The highest BCUT2D eigenvalue weighted by atomic mass is 32.2. The Morgan fingerprint density at radius 1 is 0.794 bits per heavy atom. The lowest BCUT2D eigenvalue weighted by molar-refractivity contribution is -0.287. The average molecular weight is 487 g/mol. The Hall–Kier alpha value is -1.86. The molecule has 6 aliphatic rings. The fourth-order valence-corrected chi connectivity index (χ4v) is 12.3. The largest absolute Gasteiger partial charge is 0.418 e. The maximum Gasteiger partial charge on any atom is 0.418 e. The van der Waals surface area contributed by atoms with Crippen molar-refractivity contribution in [1.29, 1.82) is 0 Å². The highest BCUT2D eigenvalue weighted by Crippen LogP contribution is 2.85. The lowest BCUT2D eigenvalue weighted by Crippen LogP contribution is -2.61. The average Bonchev–Trinajstić information content (AvgIpc) is 3.63. The number of hydrogen-bond acceptors (Lipinski definition) is 3. The Labute approximate surface area is 196 Å². The van der Waals surface area contributed by atoms with E-state index in [0.717, 1.165) is 22.3 Å². The summed E-state index contributed by atoms with van der Waals surface area (Å²) in [6, 6.07) is 15.5. The van der Waals surface area contributed by atoms with Crippen LogP contribution in [0.25, 0.3) is 0 Å². The van der Waals surface area contributed by atoms with E-state index >= 15 is 13.2 Å². The second-order valence-electron chi connectivity index (χ2n) is 11.3. The Bertz CT molecular complexity index is 1290. The van der Waals surface area contributed by atoms with Crippen molar-refractivity contribution >= 4 is 9.84 Å². The van der Waals surface area contributed by atoms with Gasteiger partial charge < -0.3 is 4.74 Å². The summed E-state index contributed by atoms with van der Waals surface area (Å²) in [5, 5.41) is 0. The molecule has 2 saturated heterocycles. The van der Waals surface area contributed by atoms with Crippen LogP contribution >= 0.6 is 0 Å². The van der Waals surface area contributed by atoms with Crippen LogP contribution in [-0.2, 0) is 14.6 Å². The maximum absolute atomic E-state index is 15.5. The molecule has 8 rings (SSSR count). The van der Waals surface area contributed by atoms with E-state index in [1.165, 1.54) is 0 Å². The molecule has 2 heterocycles. The van der Waals surface area contributed by atoms with Crippen molar-refractivity contribution in [3.8, 4) is 0 Å². The van der Waals surface area contributed by atoms with Gasteiger partial charge in [-0.2, -0.15) is 13.2 Å². The molecule has 2 aromatic carbocycles. The van der Waals surface area contributed by atoms with Crippen LogP contribution in [0.5, 0.6) is 0 Å². The van der Waals surface area contributed by atoms with Gasteiger partial charge in [-0.25, -0.2) is 8.42 Å². The number of alkyl halides is 3. The van der Waals surface area contributed by atoms with Crippen molar-refractivity contribution < 1.29 is 26.3 Å². The van der Waals surface area contributed by atoms with Gasteiger partial charge in [0.1, 0.15) is 0 Å². The van der Waals surface area contributed by atoms with Gasteiger partial charge in [0.15, 0.2) is 20.4 Å². The van der Waals surface area contributed by atoms with Crippen LogP contribution in [0.4, 0.5) is 13.2 Å². The second-order valence-corrected chi connectivity index (χ2v) is 13.7. The van der Waals surface area contributed by atoms with E-state index in [-0.39, 0.29) is 29.4 Å². The van der Waals surface area contributed by atoms with Gasteiger partial charge in [-0.05, 0) is 58.8 Å². The molecule has 7 heteroatoms. The Morgan fingerprint density at radius 2 is 1.18 bits per heavy atom. The van der Waals surface area contributed by atoms with Crippen molar-refractivity contribution in [1.82, 2.24) is 0 Å². The minimum absolute atomic E-state index is 0.202. The first-order valence-corrected chi connectivity index (χ1v) is 14.0. The monoisotopic (exact) mass is 486 g/mol. The van der Waals surface area contributed by atoms with Crippen molar-refractivity contribution in [3.63, 3.8) is 0 Å². The molecule has 0 N–H and O–H groups in total. The number of hydrogen-bond donors (Lipinski definition) is 0. The molecule has 0 amide bonds. The Kier molecular flexibility index (Phi) is 3.44. The highest BCUT2D eigenvalue weighted by molar-refractivity contribution is 7.92. The van der Waals surface area contributed by atoms with Gasteiger partial charge >= 0.3 is 6.18 Å². The predicted molar refractivity (Wildman–Crippen MR) is 119 cm³/mol. The first-order valence-electron chi connectivity index (χ1n) is 12.4. The van der Waals surface area contributed by atoms with Crippen LogP contribution in [0, 0.1) is 23.7 Å². The second kappa shape index (κ2) is 5.75. The molecule has 2 saturated carbocycles. The summed E-state index contributed by atoms with van der Waals surface area (Å²) in [5.41, 5.74) is 1.60. The quantitative estimate of drug-likeness (QED) is 0.563. The summed E-state index contributed by atoms with van der Waals surface area (Å²) in [6.45, 7) is 1.56. The SMILES string of the molecule is CCS(=O)(=O)C12OC(C(F)(F)F)([C@@H]3[C@H]1[C@@H]1C[C@H]3c3ccccc31)[C@H]1[C@@H]2[C@H]2C[C@@H]1c1ccccc12. The Morgan fingerprint density at radius 3 is 1.53 bits per heavy atom. The summed E-state index contributed by atoms with van der Waals surface area (Å²) in [7, 11) is -3.95. The molecular weight excluding hydrogens is 461 g/mol. The van der Waals surface area contributed by atoms with Crippen molar-refractivity contribution in [2.75, 3.05) is 5.75 Å². The van der Waals surface area contributed by atoms with E-state index in [0.29, 0.717) is 12.8 Å². The summed E-state index contributed by atoms with van der Waals surface area (Å²) in [4.78, 5) is -1.77. The maximum atomic E-state index is 15.5. The molecule has 6 bridgehead atoms. The van der Waals surface area contributed by atoms with Crippen LogP contribution < -0.4 is 0 Å². The smallest absolute Gasteiger partial charge is 0.342 e. The minimum Gasteiger partial charge on any atom is -0.342 e. The van der Waals surface area contributed by atoms with Crippen LogP contribution in [0.2, 0.25) is 0 Å². The third-order valence-corrected chi connectivity index (χ3v) is 13.0. The zero-order valence-electron chi connectivity index (χ0n) is 18.6. The van der Waals surface area contributed by atoms with E-state index < -0.39 is 50.2 Å². The van der Waals surface area contributed by atoms with E-state index in [9.17, 15) is 8.42 Å². The van der Waals surface area contributed by atoms with E-state index in [4.69, 9.17) is 4.74 Å². The van der Waals surface area contributed by atoms with Crippen molar-refractivity contribution in [3.05, 3.63) is 70.8 Å². The molecule has 2 unspecified atom stereocenters. The van der Waals surface area contributed by atoms with Crippen LogP contribution in [0.3, 0.4) is 0 Å². The summed E-state index contributed by atoms with van der Waals surface area (Å²) in [6.07, 6.45) is -3.45. The number of fused-ring (bicyclic) bond motifs is 22. The summed E-state index contributed by atoms with van der Waals surface area (Å²) in [5.74, 6) is -4.21. The molecule has 4 aliphatic carbocycles. The molecule has 4 fully saturated rings. The molecule has 34 heavy (non-hydrogen) atoms. The van der Waals surface area contributed by atoms with Gasteiger partial charge in [0.05, 0.1) is 5.75 Å². The zero-order chi connectivity index (χ0) is 23.4. The normalized spacial score (nSPS) is 46.5. The fraction of sp³-hybridized carbons (Fsp3) is 0.556. The first kappa shape index (κ1) is 20.3. The van der Waals surface area contributed by atoms with Crippen molar-refractivity contribution in [2.24, 2.45) is 23.7 Å². The number of halogens is 3. The topological polar surface area (TPSA) is 43.4 Å². The summed E-state index contributed by atoms with van der Waals surface area (Å²) >= 11 is 0. The van der Waals surface area contributed by atoms with Gasteiger partial charge in [-0.15, -0.1) is 0 Å². The molecule has 0 aromatic heterocycles. The Balaban J connectivity index is 1.46. The molecule has 3 nitrogen and oxygen atoms in total. The highest BCUT2D eigenvalue weighted by Gasteiger charge is 2.92. The molecule has 178 valence electrons. The van der Waals surface area contributed by atoms with Gasteiger partial charge in [0.25, 0.3) is 0 Å². The third kappa shape index (κ3) is 1.80. The standard InChI is InChI=1S/C27H25F3O3S/c1-2-34(31,32)26-23-19-11-17(13-7-3-5-9-15(13)19)21(23)25(33-26,27(28,29)30)22-18-12-20(24(22)26)16-10-6-4-8-14(16)18/h3-10,17-24H,2,11-12H2,1H3/t17-,18+,19+,20-,21-,22+,23+,24-,25?,26?. The number of ether oxygens (including phenoxy) is 1. The van der Waals surface area contributed by atoms with Crippen LogP contribution in [0.1, 0.15) is 65.7 Å². The van der Waals surface area contributed by atoms with E-state index in [1.54, 1.807) is 6.92 Å². The van der Waals surface area contributed by atoms with Gasteiger partial charge in [-0.1, -0.05) is 55.5 Å². The number of rotatable bonds is 2. The molecule has 0 radical (unpaired) electrons. The number of sulfone groups is 1. The molecule has 0 spiro atoms. The van der Waals surface area contributed by atoms with E-state index in [2.05, 4.69) is 0 Å². The fourth-order valence-electron chi connectivity index (χ4n) is 10.1.